The second-order valence-electron chi connectivity index (χ2n) is 8.58. The first-order chi connectivity index (χ1) is 14.5. The molecule has 0 bridgehead atoms. The Bertz CT molecular complexity index is 754. The van der Waals surface area contributed by atoms with Crippen LogP contribution in [0.2, 0.25) is 0 Å². The molecule has 3 heterocycles. The van der Waals surface area contributed by atoms with Crippen LogP contribution in [0.5, 0.6) is 11.5 Å². The first kappa shape index (κ1) is 21.2. The van der Waals surface area contributed by atoms with Crippen LogP contribution in [-0.4, -0.2) is 98.8 Å². The van der Waals surface area contributed by atoms with Crippen molar-refractivity contribution >= 4 is 6.09 Å². The first-order valence-electron chi connectivity index (χ1n) is 10.8. The lowest BCUT2D eigenvalue weighted by Crippen LogP contribution is -2.71. The topological polar surface area (TPSA) is 63.7 Å². The van der Waals surface area contributed by atoms with Crippen molar-refractivity contribution in [2.75, 3.05) is 66.4 Å². The molecule has 8 nitrogen and oxygen atoms in total. The Morgan fingerprint density at radius 2 is 2.07 bits per heavy atom. The van der Waals surface area contributed by atoms with Crippen molar-refractivity contribution in [3.63, 3.8) is 0 Å². The number of fused-ring (bicyclic) bond motifs is 1. The number of rotatable bonds is 7. The molecule has 3 aliphatic heterocycles. The summed E-state index contributed by atoms with van der Waals surface area (Å²) >= 11 is 0. The number of carbonyl (C=O) groups excluding carboxylic acids is 1. The van der Waals surface area contributed by atoms with Crippen LogP contribution >= 0.6 is 0 Å². The maximum Gasteiger partial charge on any atom is 0.410 e. The predicted molar refractivity (Wildman–Crippen MR) is 112 cm³/mol. The molecule has 0 N–H and O–H groups in total. The van der Waals surface area contributed by atoms with Gasteiger partial charge in [0.25, 0.3) is 0 Å². The number of carbonyl (C=O) groups is 1. The number of piperazine rings is 1. The van der Waals surface area contributed by atoms with Crippen LogP contribution < -0.4 is 9.47 Å². The Morgan fingerprint density at radius 1 is 1.27 bits per heavy atom. The first-order valence-corrected chi connectivity index (χ1v) is 10.8. The number of likely N-dealkylation sites (N-methyl/N-ethyl adjacent to an activating group) is 2. The number of amides is 1. The van der Waals surface area contributed by atoms with E-state index in [4.69, 9.17) is 18.9 Å². The van der Waals surface area contributed by atoms with E-state index in [0.29, 0.717) is 13.2 Å². The highest BCUT2D eigenvalue weighted by molar-refractivity contribution is 5.68. The van der Waals surface area contributed by atoms with Gasteiger partial charge in [-0.25, -0.2) is 4.79 Å². The molecule has 1 amide bonds. The third-order valence-corrected chi connectivity index (χ3v) is 6.39. The molecule has 2 saturated heterocycles. The molecule has 3 aliphatic rings. The maximum absolute atomic E-state index is 12.7. The van der Waals surface area contributed by atoms with Gasteiger partial charge in [0.05, 0.1) is 18.8 Å². The van der Waals surface area contributed by atoms with Gasteiger partial charge < -0.3 is 28.7 Å². The van der Waals surface area contributed by atoms with Crippen molar-refractivity contribution in [2.45, 2.75) is 31.8 Å². The summed E-state index contributed by atoms with van der Waals surface area (Å²) < 4.78 is 22.0. The SMILES string of the molecule is CCN(C(=O)OCCN1CCN(C)CC12COC2)[C@H](C)Cc1ccc2c(c1)OCO2. The van der Waals surface area contributed by atoms with E-state index in [2.05, 4.69) is 23.8 Å². The van der Waals surface area contributed by atoms with Gasteiger partial charge in [-0.1, -0.05) is 6.07 Å². The van der Waals surface area contributed by atoms with Crippen LogP contribution in [0, 0.1) is 0 Å². The summed E-state index contributed by atoms with van der Waals surface area (Å²) in [4.78, 5) is 19.3. The fraction of sp³-hybridized carbons (Fsp3) is 0.682. The van der Waals surface area contributed by atoms with E-state index in [1.807, 2.05) is 25.1 Å². The third-order valence-electron chi connectivity index (χ3n) is 6.39. The van der Waals surface area contributed by atoms with E-state index in [-0.39, 0.29) is 24.5 Å². The van der Waals surface area contributed by atoms with Gasteiger partial charge in [0, 0.05) is 38.8 Å². The van der Waals surface area contributed by atoms with Crippen molar-refractivity contribution in [1.29, 1.82) is 0 Å². The molecule has 8 heteroatoms. The summed E-state index contributed by atoms with van der Waals surface area (Å²) in [6.07, 6.45) is 0.483. The van der Waals surface area contributed by atoms with Crippen LogP contribution in [0.25, 0.3) is 0 Å². The van der Waals surface area contributed by atoms with Crippen molar-refractivity contribution in [1.82, 2.24) is 14.7 Å². The highest BCUT2D eigenvalue weighted by Gasteiger charge is 2.46. The Kier molecular flexibility index (Phi) is 6.36. The van der Waals surface area contributed by atoms with Crippen LogP contribution in [0.4, 0.5) is 4.79 Å². The predicted octanol–water partition coefficient (Wildman–Crippen LogP) is 1.82. The zero-order valence-electron chi connectivity index (χ0n) is 18.3. The molecule has 0 unspecified atom stereocenters. The van der Waals surface area contributed by atoms with E-state index in [1.54, 1.807) is 4.90 Å². The standard InChI is InChI=1S/C22H33N3O5/c1-4-25(17(2)11-18-5-6-19-20(12-18)30-16-29-19)21(26)28-10-9-24-8-7-23(3)13-22(24)14-27-15-22/h5-6,12,17H,4,7-11,13-16H2,1-3H3/t17-/m1/s1. The lowest BCUT2D eigenvalue weighted by atomic mass is 9.92. The van der Waals surface area contributed by atoms with Crippen molar-refractivity contribution < 1.29 is 23.7 Å². The summed E-state index contributed by atoms with van der Waals surface area (Å²) in [7, 11) is 2.15. The van der Waals surface area contributed by atoms with Gasteiger partial charge >= 0.3 is 6.09 Å². The quantitative estimate of drug-likeness (QED) is 0.668. The summed E-state index contributed by atoms with van der Waals surface area (Å²) in [5.74, 6) is 1.54. The van der Waals surface area contributed by atoms with E-state index < -0.39 is 0 Å². The molecule has 0 aliphatic carbocycles. The minimum atomic E-state index is -0.251. The lowest BCUT2D eigenvalue weighted by Gasteiger charge is -2.54. The Labute approximate surface area is 178 Å². The summed E-state index contributed by atoms with van der Waals surface area (Å²) in [6, 6.07) is 5.97. The highest BCUT2D eigenvalue weighted by atomic mass is 16.7. The van der Waals surface area contributed by atoms with Crippen molar-refractivity contribution in [2.24, 2.45) is 0 Å². The van der Waals surface area contributed by atoms with Crippen LogP contribution in [0.1, 0.15) is 19.4 Å². The number of hydrogen-bond acceptors (Lipinski definition) is 7. The van der Waals surface area contributed by atoms with Crippen LogP contribution in [-0.2, 0) is 15.9 Å². The molecular formula is C22H33N3O5. The second-order valence-corrected chi connectivity index (χ2v) is 8.58. The maximum atomic E-state index is 12.7. The number of ether oxygens (including phenoxy) is 4. The molecule has 1 spiro atoms. The average molecular weight is 420 g/mol. The highest BCUT2D eigenvalue weighted by Crippen LogP contribution is 2.33. The molecule has 1 aromatic rings. The molecule has 4 rings (SSSR count). The zero-order valence-corrected chi connectivity index (χ0v) is 18.3. The van der Waals surface area contributed by atoms with E-state index in [0.717, 1.165) is 62.9 Å². The summed E-state index contributed by atoms with van der Waals surface area (Å²) in [6.45, 7) is 10.6. The van der Waals surface area contributed by atoms with Gasteiger partial charge in [-0.3, -0.25) is 4.90 Å². The summed E-state index contributed by atoms with van der Waals surface area (Å²) in [5.41, 5.74) is 1.21. The van der Waals surface area contributed by atoms with Gasteiger partial charge in [-0.2, -0.15) is 0 Å². The zero-order chi connectivity index (χ0) is 21.1. The molecule has 1 aromatic carbocycles. The molecule has 2 fully saturated rings. The molecular weight excluding hydrogens is 386 g/mol. The molecule has 0 saturated carbocycles. The smallest absolute Gasteiger partial charge is 0.410 e. The van der Waals surface area contributed by atoms with Crippen LogP contribution in [0.15, 0.2) is 18.2 Å². The summed E-state index contributed by atoms with van der Waals surface area (Å²) in [5, 5.41) is 0. The van der Waals surface area contributed by atoms with E-state index >= 15 is 0 Å². The van der Waals surface area contributed by atoms with Gasteiger partial charge in [0.2, 0.25) is 6.79 Å². The Hall–Kier alpha value is -2.03. The number of benzene rings is 1. The van der Waals surface area contributed by atoms with Gasteiger partial charge in [-0.15, -0.1) is 0 Å². The molecule has 166 valence electrons. The normalized spacial score (nSPS) is 21.3. The van der Waals surface area contributed by atoms with Gasteiger partial charge in [-0.05, 0) is 45.0 Å². The van der Waals surface area contributed by atoms with Crippen molar-refractivity contribution in [3.05, 3.63) is 23.8 Å². The monoisotopic (exact) mass is 419 g/mol. The lowest BCUT2D eigenvalue weighted by molar-refractivity contribution is -0.168. The second kappa shape index (κ2) is 8.99. The molecule has 30 heavy (non-hydrogen) atoms. The fourth-order valence-electron chi connectivity index (χ4n) is 4.64. The van der Waals surface area contributed by atoms with E-state index in [1.165, 1.54) is 0 Å². The number of hydrogen-bond donors (Lipinski definition) is 0. The van der Waals surface area contributed by atoms with Crippen molar-refractivity contribution in [3.8, 4) is 11.5 Å². The average Bonchev–Trinajstić information content (AvgIpc) is 3.16. The Morgan fingerprint density at radius 3 is 2.80 bits per heavy atom. The minimum absolute atomic E-state index is 0.0258. The van der Waals surface area contributed by atoms with Gasteiger partial charge in [0.1, 0.15) is 6.61 Å². The van der Waals surface area contributed by atoms with Gasteiger partial charge in [0.15, 0.2) is 11.5 Å². The molecule has 0 aromatic heterocycles. The fourth-order valence-corrected chi connectivity index (χ4v) is 4.64. The Balaban J connectivity index is 1.27. The minimum Gasteiger partial charge on any atom is -0.454 e. The number of nitrogens with zero attached hydrogens (tertiary/aromatic N) is 3. The largest absolute Gasteiger partial charge is 0.454 e. The van der Waals surface area contributed by atoms with E-state index in [9.17, 15) is 4.79 Å². The molecule has 1 atom stereocenters. The van der Waals surface area contributed by atoms with Crippen LogP contribution in [0.3, 0.4) is 0 Å². The third kappa shape index (κ3) is 4.36. The molecule has 0 radical (unpaired) electrons.